The molecule has 25 heavy (non-hydrogen) atoms. The Labute approximate surface area is 148 Å². The van der Waals surface area contributed by atoms with Gasteiger partial charge in [0.25, 0.3) is 5.91 Å². The van der Waals surface area contributed by atoms with E-state index in [1.807, 2.05) is 35.0 Å². The molecule has 0 radical (unpaired) electrons. The number of carbonyl (C=O) groups is 1. The summed E-state index contributed by atoms with van der Waals surface area (Å²) in [4.78, 5) is 17.0. The van der Waals surface area contributed by atoms with Crippen LogP contribution in [0, 0.1) is 5.92 Å². The second kappa shape index (κ2) is 6.78. The van der Waals surface area contributed by atoms with E-state index in [4.69, 9.17) is 0 Å². The van der Waals surface area contributed by atoms with E-state index in [1.54, 1.807) is 23.6 Å². The Morgan fingerprint density at radius 3 is 2.92 bits per heavy atom. The maximum absolute atomic E-state index is 12.7. The Morgan fingerprint density at radius 1 is 1.36 bits per heavy atom. The molecule has 1 aliphatic carbocycles. The Kier molecular flexibility index (Phi) is 4.33. The molecule has 3 aromatic heterocycles. The van der Waals surface area contributed by atoms with Crippen LogP contribution >= 0.6 is 11.3 Å². The average Bonchev–Trinajstić information content (AvgIpc) is 3.28. The van der Waals surface area contributed by atoms with Crippen LogP contribution in [-0.2, 0) is 0 Å². The number of pyridine rings is 1. The van der Waals surface area contributed by atoms with Crippen molar-refractivity contribution < 1.29 is 9.90 Å². The Balaban J connectivity index is 1.52. The molecule has 0 aromatic carbocycles. The van der Waals surface area contributed by atoms with Gasteiger partial charge in [-0.3, -0.25) is 14.9 Å². The molecule has 4 rings (SSSR count). The predicted molar refractivity (Wildman–Crippen MR) is 95.1 cm³/mol. The summed E-state index contributed by atoms with van der Waals surface area (Å²) in [5.41, 5.74) is 2.97. The van der Waals surface area contributed by atoms with Crippen LogP contribution in [0.2, 0.25) is 0 Å². The van der Waals surface area contributed by atoms with E-state index in [-0.39, 0.29) is 24.0 Å². The highest BCUT2D eigenvalue weighted by Crippen LogP contribution is 2.37. The second-order valence-corrected chi connectivity index (χ2v) is 7.05. The topological polar surface area (TPSA) is 90.9 Å². The predicted octanol–water partition coefficient (Wildman–Crippen LogP) is 2.78. The Bertz CT molecular complexity index is 841. The van der Waals surface area contributed by atoms with Crippen LogP contribution in [0.3, 0.4) is 0 Å². The van der Waals surface area contributed by atoms with Crippen molar-refractivity contribution in [3.8, 4) is 11.3 Å². The number of aromatic nitrogens is 3. The Hall–Kier alpha value is -2.51. The van der Waals surface area contributed by atoms with Gasteiger partial charge in [-0.1, -0.05) is 6.07 Å². The third-order valence-electron chi connectivity index (χ3n) is 4.55. The van der Waals surface area contributed by atoms with Crippen molar-refractivity contribution in [2.24, 2.45) is 5.92 Å². The molecule has 1 atom stereocenters. The molecule has 6 nitrogen and oxygen atoms in total. The van der Waals surface area contributed by atoms with E-state index < -0.39 is 0 Å². The summed E-state index contributed by atoms with van der Waals surface area (Å²) < 4.78 is 0. The van der Waals surface area contributed by atoms with E-state index in [9.17, 15) is 9.90 Å². The van der Waals surface area contributed by atoms with E-state index >= 15 is 0 Å². The van der Waals surface area contributed by atoms with Crippen LogP contribution in [0.25, 0.3) is 11.3 Å². The quantitative estimate of drug-likeness (QED) is 0.657. The van der Waals surface area contributed by atoms with Crippen molar-refractivity contribution in [3.05, 3.63) is 58.7 Å². The van der Waals surface area contributed by atoms with E-state index in [0.29, 0.717) is 18.5 Å². The van der Waals surface area contributed by atoms with Gasteiger partial charge in [-0.05, 0) is 48.4 Å². The lowest BCUT2D eigenvalue weighted by atomic mass is 9.76. The zero-order valence-electron chi connectivity index (χ0n) is 13.4. The minimum Gasteiger partial charge on any atom is -0.393 e. The molecule has 0 unspecified atom stereocenters. The maximum Gasteiger partial charge on any atom is 0.269 e. The minimum absolute atomic E-state index is 0.188. The van der Waals surface area contributed by atoms with Crippen LogP contribution in [-0.4, -0.2) is 32.3 Å². The fourth-order valence-corrected chi connectivity index (χ4v) is 3.76. The fourth-order valence-electron chi connectivity index (χ4n) is 3.11. The number of rotatable bonds is 5. The van der Waals surface area contributed by atoms with E-state index in [0.717, 1.165) is 17.0 Å². The van der Waals surface area contributed by atoms with Gasteiger partial charge in [0.15, 0.2) is 0 Å². The summed E-state index contributed by atoms with van der Waals surface area (Å²) in [5, 5.41) is 23.7. The molecule has 1 fully saturated rings. The smallest absolute Gasteiger partial charge is 0.269 e. The first-order valence-corrected chi connectivity index (χ1v) is 9.13. The largest absolute Gasteiger partial charge is 0.393 e. The summed E-state index contributed by atoms with van der Waals surface area (Å²) in [6.07, 6.45) is 2.77. The van der Waals surface area contributed by atoms with E-state index in [1.165, 1.54) is 0 Å². The molecule has 3 aromatic rings. The van der Waals surface area contributed by atoms with Crippen LogP contribution < -0.4 is 5.32 Å². The molecule has 0 aliphatic heterocycles. The first kappa shape index (κ1) is 16.0. The van der Waals surface area contributed by atoms with Gasteiger partial charge in [-0.25, -0.2) is 0 Å². The standard InChI is InChI=1S/C18H18N4O2S/c23-13-7-12(8-13)17(14-3-1-2-5-19-14)20-18(24)16-9-15(21-22-16)11-4-6-25-10-11/h1-6,9-10,12-13,17,23H,7-8H2,(H,20,24)(H,21,22)/t12?,13?,17-/m0/s1. The Morgan fingerprint density at radius 2 is 2.24 bits per heavy atom. The summed E-state index contributed by atoms with van der Waals surface area (Å²) in [7, 11) is 0. The number of aliphatic hydroxyl groups is 1. The summed E-state index contributed by atoms with van der Waals surface area (Å²) in [5.74, 6) is -0.0286. The number of carbonyl (C=O) groups excluding carboxylic acids is 1. The zero-order chi connectivity index (χ0) is 17.2. The highest BCUT2D eigenvalue weighted by Gasteiger charge is 2.36. The van der Waals surface area contributed by atoms with Crippen molar-refractivity contribution in [2.75, 3.05) is 0 Å². The van der Waals surface area contributed by atoms with Gasteiger partial charge in [0.05, 0.1) is 23.5 Å². The number of nitrogens with one attached hydrogen (secondary N) is 2. The minimum atomic E-state index is -0.287. The SMILES string of the molecule is O=C(N[C@H](c1ccccn1)C1CC(O)C1)c1cc(-c2ccsc2)n[nH]1. The zero-order valence-corrected chi connectivity index (χ0v) is 14.2. The van der Waals surface area contributed by atoms with Crippen molar-refractivity contribution in [3.63, 3.8) is 0 Å². The number of thiophene rings is 1. The second-order valence-electron chi connectivity index (χ2n) is 6.27. The van der Waals surface area contributed by atoms with Crippen LogP contribution in [0.4, 0.5) is 0 Å². The number of hydrogen-bond donors (Lipinski definition) is 3. The maximum atomic E-state index is 12.7. The van der Waals surface area contributed by atoms with Gasteiger partial charge in [-0.15, -0.1) is 0 Å². The molecule has 3 N–H and O–H groups in total. The van der Waals surface area contributed by atoms with Gasteiger partial charge in [0.1, 0.15) is 5.69 Å². The van der Waals surface area contributed by atoms with Crippen molar-refractivity contribution in [1.82, 2.24) is 20.5 Å². The molecule has 1 amide bonds. The monoisotopic (exact) mass is 354 g/mol. The number of aliphatic hydroxyl groups excluding tert-OH is 1. The normalized spacial score (nSPS) is 20.7. The molecule has 0 bridgehead atoms. The molecule has 3 heterocycles. The number of nitrogens with zero attached hydrogens (tertiary/aromatic N) is 2. The first-order chi connectivity index (χ1) is 12.2. The number of H-pyrrole nitrogens is 1. The molecule has 7 heteroatoms. The summed E-state index contributed by atoms with van der Waals surface area (Å²) in [6, 6.07) is 9.16. The molecule has 128 valence electrons. The van der Waals surface area contributed by atoms with Crippen LogP contribution in [0.15, 0.2) is 47.3 Å². The third-order valence-corrected chi connectivity index (χ3v) is 5.24. The van der Waals surface area contributed by atoms with Crippen LogP contribution in [0.1, 0.15) is 35.1 Å². The van der Waals surface area contributed by atoms with Crippen molar-refractivity contribution in [2.45, 2.75) is 25.0 Å². The molecular weight excluding hydrogens is 336 g/mol. The van der Waals surface area contributed by atoms with Gasteiger partial charge >= 0.3 is 0 Å². The highest BCUT2D eigenvalue weighted by atomic mass is 32.1. The highest BCUT2D eigenvalue weighted by molar-refractivity contribution is 7.08. The van der Waals surface area contributed by atoms with Crippen molar-refractivity contribution in [1.29, 1.82) is 0 Å². The lowest BCUT2D eigenvalue weighted by molar-refractivity contribution is 0.0227. The van der Waals surface area contributed by atoms with Gasteiger partial charge in [0.2, 0.25) is 0 Å². The lowest BCUT2D eigenvalue weighted by Gasteiger charge is -2.37. The molecular formula is C18H18N4O2S. The number of hydrogen-bond acceptors (Lipinski definition) is 5. The lowest BCUT2D eigenvalue weighted by Crippen LogP contribution is -2.41. The van der Waals surface area contributed by atoms with Gasteiger partial charge in [-0.2, -0.15) is 16.4 Å². The number of aromatic amines is 1. The van der Waals surface area contributed by atoms with Gasteiger partial charge in [0, 0.05) is 17.1 Å². The average molecular weight is 354 g/mol. The fraction of sp³-hybridized carbons (Fsp3) is 0.278. The molecule has 1 saturated carbocycles. The molecule has 0 spiro atoms. The summed E-state index contributed by atoms with van der Waals surface area (Å²) >= 11 is 1.59. The van der Waals surface area contributed by atoms with E-state index in [2.05, 4.69) is 20.5 Å². The molecule has 1 aliphatic rings. The number of amides is 1. The summed E-state index contributed by atoms with van der Waals surface area (Å²) in [6.45, 7) is 0. The van der Waals surface area contributed by atoms with Crippen molar-refractivity contribution >= 4 is 17.2 Å². The van der Waals surface area contributed by atoms with Crippen LogP contribution in [0.5, 0.6) is 0 Å². The first-order valence-electron chi connectivity index (χ1n) is 8.18. The van der Waals surface area contributed by atoms with Gasteiger partial charge < -0.3 is 10.4 Å². The molecule has 0 saturated heterocycles. The third kappa shape index (κ3) is 3.33.